The molecule has 252 valence electrons. The van der Waals surface area contributed by atoms with Gasteiger partial charge in [-0.1, -0.05) is 55.5 Å². The van der Waals surface area contributed by atoms with Gasteiger partial charge in [-0.3, -0.25) is 14.5 Å². The van der Waals surface area contributed by atoms with Crippen LogP contribution >= 0.6 is 22.7 Å². The van der Waals surface area contributed by atoms with E-state index >= 15 is 0 Å². The van der Waals surface area contributed by atoms with Gasteiger partial charge in [0, 0.05) is 49.6 Å². The van der Waals surface area contributed by atoms with Crippen LogP contribution in [0.15, 0.2) is 46.6 Å². The minimum absolute atomic E-state index is 0.00467. The molecule has 0 saturated carbocycles. The Morgan fingerprint density at radius 3 is 2.72 bits per heavy atom. The molecule has 6 rings (SSSR count). The van der Waals surface area contributed by atoms with Crippen molar-refractivity contribution in [3.63, 3.8) is 0 Å². The Morgan fingerprint density at radius 1 is 1.15 bits per heavy atom. The number of phenols is 1. The van der Waals surface area contributed by atoms with Gasteiger partial charge in [0.25, 0.3) is 5.91 Å². The van der Waals surface area contributed by atoms with Gasteiger partial charge in [0.2, 0.25) is 0 Å². The van der Waals surface area contributed by atoms with E-state index in [4.69, 9.17) is 9.72 Å². The number of ether oxygens (including phenoxy) is 1. The van der Waals surface area contributed by atoms with Gasteiger partial charge in [0.05, 0.1) is 34.6 Å². The number of piperidine rings is 1. The summed E-state index contributed by atoms with van der Waals surface area (Å²) < 4.78 is 6.94. The normalized spacial score (nSPS) is 17.6. The van der Waals surface area contributed by atoms with Crippen LogP contribution in [-0.2, 0) is 17.7 Å². The Bertz CT molecular complexity index is 1720. The van der Waals surface area contributed by atoms with Gasteiger partial charge < -0.3 is 30.2 Å². The highest BCUT2D eigenvalue weighted by molar-refractivity contribution is 7.16. The number of carbonyl (C=O) groups excluding carboxylic acids is 1. The lowest BCUT2D eigenvalue weighted by Gasteiger charge is -2.47. The Balaban J connectivity index is 0.965. The summed E-state index contributed by atoms with van der Waals surface area (Å²) in [5.74, 6) is 0.453. The number of hydrogen-bond donors (Lipinski definition) is 4. The molecule has 12 heteroatoms. The Hall–Kier alpha value is -3.13. The fraction of sp³-hybridized carbons (Fsp3) is 0.514. The van der Waals surface area contributed by atoms with Crippen LogP contribution in [0.25, 0.3) is 10.2 Å². The molecule has 0 unspecified atom stereocenters. The maximum atomic E-state index is 13.4. The molecule has 10 nitrogen and oxygen atoms in total. The lowest BCUT2D eigenvalue weighted by molar-refractivity contribution is -0.128. The number of aromatic hydroxyl groups is 1. The van der Waals surface area contributed by atoms with Crippen molar-refractivity contribution in [1.29, 1.82) is 0 Å². The van der Waals surface area contributed by atoms with Crippen LogP contribution in [0.2, 0.25) is 0 Å². The topological polar surface area (TPSA) is 131 Å². The summed E-state index contributed by atoms with van der Waals surface area (Å²) in [7, 11) is 0. The van der Waals surface area contributed by atoms with Crippen molar-refractivity contribution in [3.05, 3.63) is 78.8 Å². The molecule has 1 spiro atoms. The summed E-state index contributed by atoms with van der Waals surface area (Å²) >= 11 is 2.60. The third-order valence-corrected chi connectivity index (χ3v) is 11.6. The minimum Gasteiger partial charge on any atom is -0.506 e. The highest BCUT2D eigenvalue weighted by Crippen LogP contribution is 2.33. The molecule has 4 heterocycles. The third kappa shape index (κ3) is 7.79. The number of H-pyrrole nitrogens is 1. The highest BCUT2D eigenvalue weighted by Gasteiger charge is 2.41. The van der Waals surface area contributed by atoms with Crippen LogP contribution in [0.5, 0.6) is 5.75 Å². The first-order valence-electron chi connectivity index (χ1n) is 16.7. The Morgan fingerprint density at radius 2 is 1.94 bits per heavy atom. The number of hydrogen-bond acceptors (Lipinski definition) is 10. The number of morpholine rings is 1. The second-order valence-electron chi connectivity index (χ2n) is 12.8. The van der Waals surface area contributed by atoms with Crippen LogP contribution in [0.3, 0.4) is 0 Å². The zero-order valence-corrected chi connectivity index (χ0v) is 28.8. The van der Waals surface area contributed by atoms with Crippen molar-refractivity contribution >= 4 is 38.8 Å². The smallest absolute Gasteiger partial charge is 0.305 e. The van der Waals surface area contributed by atoms with E-state index < -0.39 is 6.10 Å². The molecule has 2 aliphatic heterocycles. The van der Waals surface area contributed by atoms with E-state index in [1.807, 2.05) is 10.3 Å². The fourth-order valence-electron chi connectivity index (χ4n) is 6.84. The maximum absolute atomic E-state index is 13.4. The molecular formula is C35H45N5O5S2. The van der Waals surface area contributed by atoms with Crippen molar-refractivity contribution in [2.24, 2.45) is 0 Å². The summed E-state index contributed by atoms with van der Waals surface area (Å²) in [6, 6.07) is 11.8. The first kappa shape index (κ1) is 33.8. The van der Waals surface area contributed by atoms with Gasteiger partial charge >= 0.3 is 4.87 Å². The van der Waals surface area contributed by atoms with Crippen LogP contribution in [0, 0.1) is 0 Å². The molecular weight excluding hydrogens is 635 g/mol. The molecule has 2 fully saturated rings. The molecule has 2 aliphatic rings. The summed E-state index contributed by atoms with van der Waals surface area (Å²) in [6.07, 6.45) is 3.89. The van der Waals surface area contributed by atoms with Gasteiger partial charge in [0.1, 0.15) is 17.0 Å². The molecule has 0 radical (unpaired) electrons. The van der Waals surface area contributed by atoms with Crippen molar-refractivity contribution < 1.29 is 19.7 Å². The van der Waals surface area contributed by atoms with Gasteiger partial charge in [-0.15, -0.1) is 11.3 Å². The number of amides is 1. The summed E-state index contributed by atoms with van der Waals surface area (Å²) in [5.41, 5.74) is 3.79. The largest absolute Gasteiger partial charge is 0.506 e. The quantitative estimate of drug-likeness (QED) is 0.154. The first-order chi connectivity index (χ1) is 22.8. The lowest BCUT2D eigenvalue weighted by atomic mass is 9.89. The number of phenolic OH excluding ortho intramolecular Hbond substituents is 1. The number of benzene rings is 2. The molecule has 0 aliphatic carbocycles. The Labute approximate surface area is 283 Å². The van der Waals surface area contributed by atoms with E-state index in [0.717, 1.165) is 68.1 Å². The number of carbonyl (C=O) groups is 1. The molecule has 2 aromatic heterocycles. The summed E-state index contributed by atoms with van der Waals surface area (Å²) in [4.78, 5) is 36.7. The zero-order valence-electron chi connectivity index (χ0n) is 27.2. The number of aromatic amines is 1. The highest BCUT2D eigenvalue weighted by atomic mass is 32.1. The van der Waals surface area contributed by atoms with Crippen molar-refractivity contribution in [3.8, 4) is 5.75 Å². The monoisotopic (exact) mass is 679 g/mol. The van der Waals surface area contributed by atoms with E-state index in [1.165, 1.54) is 17.2 Å². The number of aromatic nitrogens is 2. The van der Waals surface area contributed by atoms with E-state index in [-0.39, 0.29) is 22.1 Å². The first-order valence-corrected chi connectivity index (χ1v) is 18.4. The Kier molecular flexibility index (Phi) is 10.7. The number of aliphatic hydroxyl groups is 1. The standard InChI is InChI=1S/C35H45N5O5S2/c1-3-25(4-2)32-37-27(21-46-32)33(43)40-16-17-45-35(22-40)11-14-39(15-12-35)20-24-7-5-6-23(18-24)10-13-36-19-29(42)26-8-9-28(41)30-31(26)47-34(44)38-30/h5-9,18,21,25,29,36,41-42H,3-4,10-17,19-20,22H2,1-2H3,(H,38,44)/t29-/m0/s1. The van der Waals surface area contributed by atoms with E-state index in [0.29, 0.717) is 60.2 Å². The van der Waals surface area contributed by atoms with Crippen molar-refractivity contribution in [2.75, 3.05) is 45.9 Å². The number of likely N-dealkylation sites (tertiary alicyclic amines) is 1. The maximum Gasteiger partial charge on any atom is 0.305 e. The number of rotatable bonds is 12. The zero-order chi connectivity index (χ0) is 33.0. The molecule has 4 N–H and O–H groups in total. The molecule has 1 amide bonds. The number of aliphatic hydroxyl groups excluding tert-OH is 1. The van der Waals surface area contributed by atoms with Gasteiger partial charge in [0.15, 0.2) is 0 Å². The number of nitrogens with zero attached hydrogens (tertiary/aromatic N) is 3. The predicted molar refractivity (Wildman–Crippen MR) is 187 cm³/mol. The second kappa shape index (κ2) is 15.0. The molecule has 0 bridgehead atoms. The SMILES string of the molecule is CCC(CC)c1nc(C(=O)N2CCOC3(CCN(Cc4cccc(CCNC[C@H](O)c5ccc(O)c6[nH]c(=O)sc56)c4)CC3)C2)cs1. The lowest BCUT2D eigenvalue weighted by Crippen LogP contribution is -2.58. The van der Waals surface area contributed by atoms with Crippen molar-refractivity contribution in [2.45, 2.75) is 70.1 Å². The number of fused-ring (bicyclic) bond motifs is 1. The van der Waals surface area contributed by atoms with Gasteiger partial charge in [-0.05, 0) is 55.8 Å². The van der Waals surface area contributed by atoms with E-state index in [2.05, 4.69) is 53.3 Å². The minimum atomic E-state index is -0.795. The van der Waals surface area contributed by atoms with Gasteiger partial charge in [-0.25, -0.2) is 4.98 Å². The molecule has 1 atom stereocenters. The molecule has 4 aromatic rings. The van der Waals surface area contributed by atoms with Crippen LogP contribution < -0.4 is 10.2 Å². The average Bonchev–Trinajstić information content (AvgIpc) is 3.73. The average molecular weight is 680 g/mol. The predicted octanol–water partition coefficient (Wildman–Crippen LogP) is 5.03. The van der Waals surface area contributed by atoms with E-state index in [1.54, 1.807) is 17.4 Å². The number of nitrogens with one attached hydrogen (secondary N) is 2. The summed E-state index contributed by atoms with van der Waals surface area (Å²) in [6.45, 7) is 9.89. The van der Waals surface area contributed by atoms with Crippen LogP contribution in [-0.4, -0.2) is 87.4 Å². The van der Waals surface area contributed by atoms with Gasteiger partial charge in [-0.2, -0.15) is 0 Å². The molecule has 2 aromatic carbocycles. The second-order valence-corrected chi connectivity index (χ2v) is 14.7. The van der Waals surface area contributed by atoms with E-state index in [9.17, 15) is 19.8 Å². The van der Waals surface area contributed by atoms with Crippen molar-refractivity contribution in [1.82, 2.24) is 25.1 Å². The van der Waals surface area contributed by atoms with Crippen LogP contribution in [0.1, 0.15) is 83.7 Å². The molecule has 47 heavy (non-hydrogen) atoms. The summed E-state index contributed by atoms with van der Waals surface area (Å²) in [5, 5.41) is 27.1. The molecule has 2 saturated heterocycles. The fourth-order valence-corrected chi connectivity index (χ4v) is 8.82. The van der Waals surface area contributed by atoms with Crippen LogP contribution in [0.4, 0.5) is 0 Å². The third-order valence-electron chi connectivity index (χ3n) is 9.65. The number of thiazole rings is 2.